The van der Waals surface area contributed by atoms with E-state index in [0.717, 1.165) is 51.3 Å². The number of aromatic nitrogens is 2. The van der Waals surface area contributed by atoms with Crippen LogP contribution in [0.15, 0.2) is 18.6 Å². The number of amides is 1. The lowest BCUT2D eigenvalue weighted by Crippen LogP contribution is -2.41. The Morgan fingerprint density at radius 2 is 1.96 bits per heavy atom. The second-order valence-electron chi connectivity index (χ2n) is 7.10. The number of nitrogens with one attached hydrogen (secondary N) is 1. The van der Waals surface area contributed by atoms with Gasteiger partial charge < -0.3 is 15.0 Å². The molecule has 1 aromatic heterocycles. The van der Waals surface area contributed by atoms with Crippen LogP contribution in [-0.2, 0) is 9.53 Å². The molecule has 2 aliphatic rings. The fourth-order valence-corrected chi connectivity index (χ4v) is 3.74. The van der Waals surface area contributed by atoms with Crippen LogP contribution in [0.5, 0.6) is 0 Å². The van der Waals surface area contributed by atoms with E-state index >= 15 is 0 Å². The van der Waals surface area contributed by atoms with Gasteiger partial charge in [0.25, 0.3) is 0 Å². The third kappa shape index (κ3) is 5.66. The largest absolute Gasteiger partial charge is 0.378 e. The Kier molecular flexibility index (Phi) is 7.03. The van der Waals surface area contributed by atoms with Gasteiger partial charge in [0.1, 0.15) is 5.82 Å². The summed E-state index contributed by atoms with van der Waals surface area (Å²) < 4.78 is 5.90. The highest BCUT2D eigenvalue weighted by Crippen LogP contribution is 2.21. The SMILES string of the molecule is O=C(NCCCOC1CCCCC1)C1CCN(c2cnccn2)CC1. The molecule has 2 fully saturated rings. The third-order valence-corrected chi connectivity index (χ3v) is 5.27. The minimum Gasteiger partial charge on any atom is -0.378 e. The van der Waals surface area contributed by atoms with Gasteiger partial charge in [-0.1, -0.05) is 19.3 Å². The summed E-state index contributed by atoms with van der Waals surface area (Å²) in [6, 6.07) is 0. The van der Waals surface area contributed by atoms with Crippen LogP contribution in [-0.4, -0.2) is 48.2 Å². The average Bonchev–Trinajstić information content (AvgIpc) is 2.69. The molecule has 0 bridgehead atoms. The Bertz CT molecular complexity index is 511. The fraction of sp³-hybridized carbons (Fsp3) is 0.737. The molecule has 6 nitrogen and oxygen atoms in total. The molecular formula is C19H30N4O2. The molecule has 0 atom stereocenters. The van der Waals surface area contributed by atoms with Crippen LogP contribution in [0.2, 0.25) is 0 Å². The summed E-state index contributed by atoms with van der Waals surface area (Å²) in [5, 5.41) is 3.08. The molecule has 0 unspecified atom stereocenters. The number of rotatable bonds is 7. The van der Waals surface area contributed by atoms with Crippen molar-refractivity contribution in [2.45, 2.75) is 57.5 Å². The van der Waals surface area contributed by atoms with Crippen molar-refractivity contribution in [1.82, 2.24) is 15.3 Å². The number of carbonyl (C=O) groups excluding carboxylic acids is 1. The van der Waals surface area contributed by atoms with E-state index in [1.54, 1.807) is 18.6 Å². The predicted octanol–water partition coefficient (Wildman–Crippen LogP) is 2.55. The minimum absolute atomic E-state index is 0.118. The van der Waals surface area contributed by atoms with Gasteiger partial charge in [-0.2, -0.15) is 0 Å². The number of piperidine rings is 1. The van der Waals surface area contributed by atoms with Gasteiger partial charge in [0.15, 0.2) is 0 Å². The Morgan fingerprint density at radius 1 is 1.16 bits per heavy atom. The highest BCUT2D eigenvalue weighted by molar-refractivity contribution is 5.78. The normalized spacial score (nSPS) is 19.8. The maximum Gasteiger partial charge on any atom is 0.223 e. The summed E-state index contributed by atoms with van der Waals surface area (Å²) in [4.78, 5) is 23.0. The van der Waals surface area contributed by atoms with Gasteiger partial charge in [-0.05, 0) is 32.1 Å². The molecule has 1 aliphatic carbocycles. The highest BCUT2D eigenvalue weighted by atomic mass is 16.5. The van der Waals surface area contributed by atoms with E-state index in [2.05, 4.69) is 20.2 Å². The summed E-state index contributed by atoms with van der Waals surface area (Å²) in [5.74, 6) is 1.21. The van der Waals surface area contributed by atoms with Crippen LogP contribution in [0.4, 0.5) is 5.82 Å². The van der Waals surface area contributed by atoms with Crippen molar-refractivity contribution in [3.05, 3.63) is 18.6 Å². The second-order valence-corrected chi connectivity index (χ2v) is 7.10. The molecule has 25 heavy (non-hydrogen) atoms. The van der Waals surface area contributed by atoms with Crippen LogP contribution in [0, 0.1) is 5.92 Å². The van der Waals surface area contributed by atoms with Crippen LogP contribution >= 0.6 is 0 Å². The fourth-order valence-electron chi connectivity index (χ4n) is 3.74. The van der Waals surface area contributed by atoms with Gasteiger partial charge in [0, 0.05) is 44.6 Å². The van der Waals surface area contributed by atoms with Crippen molar-refractivity contribution >= 4 is 11.7 Å². The predicted molar refractivity (Wildman–Crippen MR) is 97.4 cm³/mol. The lowest BCUT2D eigenvalue weighted by molar-refractivity contribution is -0.125. The van der Waals surface area contributed by atoms with Crippen molar-refractivity contribution in [2.24, 2.45) is 5.92 Å². The van der Waals surface area contributed by atoms with Gasteiger partial charge in [0.2, 0.25) is 5.91 Å². The molecule has 1 saturated heterocycles. The van der Waals surface area contributed by atoms with E-state index in [9.17, 15) is 4.79 Å². The van der Waals surface area contributed by atoms with Gasteiger partial charge in [-0.25, -0.2) is 4.98 Å². The van der Waals surface area contributed by atoms with Crippen molar-refractivity contribution in [2.75, 3.05) is 31.1 Å². The number of anilines is 1. The maximum atomic E-state index is 12.3. The van der Waals surface area contributed by atoms with Crippen molar-refractivity contribution < 1.29 is 9.53 Å². The average molecular weight is 346 g/mol. The molecule has 0 radical (unpaired) electrons. The van der Waals surface area contributed by atoms with E-state index in [1.165, 1.54) is 32.1 Å². The van der Waals surface area contributed by atoms with Gasteiger partial charge in [0.05, 0.1) is 12.3 Å². The zero-order chi connectivity index (χ0) is 17.3. The molecule has 1 aromatic rings. The van der Waals surface area contributed by atoms with Crippen LogP contribution in [0.25, 0.3) is 0 Å². The molecule has 1 amide bonds. The Hall–Kier alpha value is -1.69. The van der Waals surface area contributed by atoms with E-state index in [1.807, 2.05) is 0 Å². The first-order valence-corrected chi connectivity index (χ1v) is 9.73. The molecule has 3 rings (SSSR count). The molecule has 138 valence electrons. The van der Waals surface area contributed by atoms with Crippen LogP contribution in [0.3, 0.4) is 0 Å². The lowest BCUT2D eigenvalue weighted by atomic mass is 9.96. The van der Waals surface area contributed by atoms with Crippen molar-refractivity contribution in [3.63, 3.8) is 0 Å². The van der Waals surface area contributed by atoms with Gasteiger partial charge in [-0.3, -0.25) is 9.78 Å². The number of hydrogen-bond acceptors (Lipinski definition) is 5. The van der Waals surface area contributed by atoms with Crippen molar-refractivity contribution in [3.8, 4) is 0 Å². The van der Waals surface area contributed by atoms with E-state index in [4.69, 9.17) is 4.74 Å². The Balaban J connectivity index is 1.28. The first kappa shape index (κ1) is 18.1. The zero-order valence-electron chi connectivity index (χ0n) is 15.0. The van der Waals surface area contributed by atoms with E-state index in [0.29, 0.717) is 6.10 Å². The molecule has 6 heteroatoms. The van der Waals surface area contributed by atoms with Gasteiger partial charge in [-0.15, -0.1) is 0 Å². The number of nitrogens with zero attached hydrogens (tertiary/aromatic N) is 3. The topological polar surface area (TPSA) is 67.3 Å². The number of ether oxygens (including phenoxy) is 1. The summed E-state index contributed by atoms with van der Waals surface area (Å²) in [7, 11) is 0. The lowest BCUT2D eigenvalue weighted by Gasteiger charge is -2.31. The quantitative estimate of drug-likeness (QED) is 0.769. The Labute approximate surface area is 150 Å². The first-order valence-electron chi connectivity index (χ1n) is 9.73. The van der Waals surface area contributed by atoms with E-state index in [-0.39, 0.29) is 11.8 Å². The van der Waals surface area contributed by atoms with Crippen LogP contribution < -0.4 is 10.2 Å². The Morgan fingerprint density at radius 3 is 2.68 bits per heavy atom. The zero-order valence-corrected chi connectivity index (χ0v) is 15.0. The van der Waals surface area contributed by atoms with Crippen LogP contribution in [0.1, 0.15) is 51.4 Å². The number of hydrogen-bond donors (Lipinski definition) is 1. The number of carbonyl (C=O) groups is 1. The van der Waals surface area contributed by atoms with E-state index < -0.39 is 0 Å². The second kappa shape index (κ2) is 9.70. The highest BCUT2D eigenvalue weighted by Gasteiger charge is 2.25. The summed E-state index contributed by atoms with van der Waals surface area (Å²) in [6.07, 6.45) is 14.7. The smallest absolute Gasteiger partial charge is 0.223 e. The monoisotopic (exact) mass is 346 g/mol. The third-order valence-electron chi connectivity index (χ3n) is 5.27. The molecule has 1 N–H and O–H groups in total. The molecule has 1 saturated carbocycles. The molecule has 0 spiro atoms. The summed E-state index contributed by atoms with van der Waals surface area (Å²) in [5.41, 5.74) is 0. The summed E-state index contributed by atoms with van der Waals surface area (Å²) in [6.45, 7) is 3.20. The first-order chi connectivity index (χ1) is 12.3. The minimum atomic E-state index is 0.118. The molecule has 1 aliphatic heterocycles. The van der Waals surface area contributed by atoms with Crippen molar-refractivity contribution in [1.29, 1.82) is 0 Å². The van der Waals surface area contributed by atoms with Gasteiger partial charge >= 0.3 is 0 Å². The standard InChI is InChI=1S/C19H30N4O2/c24-19(22-9-4-14-25-17-5-2-1-3-6-17)16-7-12-23(13-8-16)18-15-20-10-11-21-18/h10-11,15-17H,1-9,12-14H2,(H,22,24). The molecule has 2 heterocycles. The maximum absolute atomic E-state index is 12.3. The summed E-state index contributed by atoms with van der Waals surface area (Å²) >= 11 is 0. The molecular weight excluding hydrogens is 316 g/mol. The molecule has 0 aromatic carbocycles.